The molecule has 3 aliphatic rings. The number of nitrogens with zero attached hydrogens (tertiary/aromatic N) is 1. The van der Waals surface area contributed by atoms with Crippen LogP contribution in [0.4, 0.5) is 10.1 Å². The van der Waals surface area contributed by atoms with Crippen LogP contribution in [0.25, 0.3) is 6.08 Å². The number of benzene rings is 4. The molecule has 0 bridgehead atoms. The van der Waals surface area contributed by atoms with E-state index in [0.29, 0.717) is 29.2 Å². The predicted octanol–water partition coefficient (Wildman–Crippen LogP) is 6.60. The van der Waals surface area contributed by atoms with Gasteiger partial charge in [-0.25, -0.2) is 4.39 Å². The van der Waals surface area contributed by atoms with E-state index in [0.717, 1.165) is 17.5 Å². The average molecular weight is 573 g/mol. The molecule has 4 aromatic carbocycles. The van der Waals surface area contributed by atoms with Gasteiger partial charge < -0.3 is 15.0 Å². The smallest absolute Gasteiger partial charge is 0.238 e. The molecule has 0 saturated carbocycles. The highest BCUT2D eigenvalue weighted by atomic mass is 19.1. The van der Waals surface area contributed by atoms with Crippen molar-refractivity contribution in [3.05, 3.63) is 137 Å². The molecule has 1 amide bonds. The lowest BCUT2D eigenvalue weighted by Crippen LogP contribution is -2.49. The normalized spacial score (nSPS) is 23.0. The number of carbonyl (C=O) groups excluding carboxylic acids is 3. The maximum Gasteiger partial charge on any atom is 0.238 e. The number of ketones is 2. The van der Waals surface area contributed by atoms with Crippen molar-refractivity contribution in [2.75, 3.05) is 11.9 Å². The minimum absolute atomic E-state index is 0.230. The molecule has 1 spiro atoms. The predicted molar refractivity (Wildman–Crippen MR) is 161 cm³/mol. The highest BCUT2D eigenvalue weighted by Gasteiger charge is 2.70. The summed E-state index contributed by atoms with van der Waals surface area (Å²) in [6.45, 7) is 2.41. The van der Waals surface area contributed by atoms with E-state index < -0.39 is 35.0 Å². The van der Waals surface area contributed by atoms with E-state index in [4.69, 9.17) is 4.74 Å². The van der Waals surface area contributed by atoms with Crippen LogP contribution >= 0.6 is 0 Å². The number of carbonyl (C=O) groups is 3. The summed E-state index contributed by atoms with van der Waals surface area (Å²) in [6, 6.07) is 25.7. The minimum Gasteiger partial charge on any atom is -0.493 e. The largest absolute Gasteiger partial charge is 0.493 e. The van der Waals surface area contributed by atoms with Crippen LogP contribution in [-0.2, 0) is 10.2 Å². The Hall–Kier alpha value is -5.04. The number of halogens is 1. The Balaban J connectivity index is 1.51. The van der Waals surface area contributed by atoms with Gasteiger partial charge >= 0.3 is 0 Å². The van der Waals surface area contributed by atoms with E-state index in [-0.39, 0.29) is 17.3 Å². The molecule has 43 heavy (non-hydrogen) atoms. The molecular weight excluding hydrogens is 543 g/mol. The van der Waals surface area contributed by atoms with Gasteiger partial charge in [-0.3, -0.25) is 14.4 Å². The van der Waals surface area contributed by atoms with Crippen molar-refractivity contribution < 1.29 is 23.5 Å². The Morgan fingerprint density at radius 2 is 1.63 bits per heavy atom. The molecule has 1 fully saturated rings. The van der Waals surface area contributed by atoms with Crippen molar-refractivity contribution in [1.82, 2.24) is 4.90 Å². The van der Waals surface area contributed by atoms with E-state index in [2.05, 4.69) is 5.32 Å². The third kappa shape index (κ3) is 3.95. The van der Waals surface area contributed by atoms with Crippen LogP contribution in [0, 0.1) is 11.7 Å². The van der Waals surface area contributed by atoms with E-state index in [1.807, 2.05) is 72.6 Å². The van der Waals surface area contributed by atoms with Crippen molar-refractivity contribution in [1.29, 1.82) is 0 Å². The van der Waals surface area contributed by atoms with Gasteiger partial charge in [0.1, 0.15) is 23.0 Å². The molecule has 1 saturated heterocycles. The zero-order valence-electron chi connectivity index (χ0n) is 23.5. The first kappa shape index (κ1) is 26.8. The number of rotatable bonds is 7. The molecule has 4 atom stereocenters. The molecule has 214 valence electrons. The van der Waals surface area contributed by atoms with Crippen LogP contribution in [0.2, 0.25) is 0 Å². The molecule has 0 radical (unpaired) electrons. The Morgan fingerprint density at radius 3 is 2.44 bits per heavy atom. The topological polar surface area (TPSA) is 75.7 Å². The second kappa shape index (κ2) is 10.3. The number of hydrogen-bond acceptors (Lipinski definition) is 5. The number of amides is 1. The van der Waals surface area contributed by atoms with Gasteiger partial charge in [-0.2, -0.15) is 0 Å². The molecule has 6 nitrogen and oxygen atoms in total. The maximum absolute atomic E-state index is 14.9. The van der Waals surface area contributed by atoms with Gasteiger partial charge in [-0.1, -0.05) is 61.5 Å². The molecule has 4 aromatic rings. The second-order valence-corrected chi connectivity index (χ2v) is 11.2. The lowest BCUT2D eigenvalue weighted by atomic mass is 9.62. The number of fused-ring (bicyclic) bond motifs is 6. The summed E-state index contributed by atoms with van der Waals surface area (Å²) in [7, 11) is 0. The van der Waals surface area contributed by atoms with Gasteiger partial charge in [0.05, 0.1) is 24.1 Å². The fourth-order valence-corrected chi connectivity index (χ4v) is 7.13. The summed E-state index contributed by atoms with van der Waals surface area (Å²) >= 11 is 0. The summed E-state index contributed by atoms with van der Waals surface area (Å²) in [5.41, 5.74) is 2.14. The fraction of sp³-hybridized carbons (Fsp3) is 0.194. The number of ether oxygens (including phenoxy) is 1. The van der Waals surface area contributed by atoms with Crippen molar-refractivity contribution in [2.24, 2.45) is 5.92 Å². The van der Waals surface area contributed by atoms with Gasteiger partial charge in [0.25, 0.3) is 0 Å². The van der Waals surface area contributed by atoms with Crippen molar-refractivity contribution in [3.63, 3.8) is 0 Å². The van der Waals surface area contributed by atoms with Crippen LogP contribution in [-0.4, -0.2) is 35.0 Å². The van der Waals surface area contributed by atoms with E-state index in [1.165, 1.54) is 24.3 Å². The molecule has 3 heterocycles. The third-order valence-corrected chi connectivity index (χ3v) is 8.86. The second-order valence-electron chi connectivity index (χ2n) is 11.2. The van der Waals surface area contributed by atoms with E-state index in [1.54, 1.807) is 24.3 Å². The Bertz CT molecular complexity index is 1800. The molecule has 0 aliphatic carbocycles. The average Bonchev–Trinajstić information content (AvgIpc) is 3.52. The number of Topliss-reactive ketones (excluding diaryl/α,β-unsaturated/α-hetero) is 2. The zero-order chi connectivity index (χ0) is 29.7. The lowest BCUT2D eigenvalue weighted by molar-refractivity contribution is -0.122. The molecule has 0 aromatic heterocycles. The first-order valence-corrected chi connectivity index (χ1v) is 14.5. The lowest BCUT2D eigenvalue weighted by Gasteiger charge is -2.38. The number of nitrogens with one attached hydrogen (secondary N) is 1. The quantitative estimate of drug-likeness (QED) is 0.253. The van der Waals surface area contributed by atoms with Crippen LogP contribution < -0.4 is 10.1 Å². The molecule has 0 unspecified atom stereocenters. The number of hydrogen-bond donors (Lipinski definition) is 1. The molecule has 3 aliphatic heterocycles. The highest BCUT2D eigenvalue weighted by molar-refractivity contribution is 6.17. The highest BCUT2D eigenvalue weighted by Crippen LogP contribution is 2.62. The minimum atomic E-state index is -1.46. The van der Waals surface area contributed by atoms with Crippen molar-refractivity contribution in [2.45, 2.75) is 30.8 Å². The first-order valence-electron chi connectivity index (χ1n) is 14.5. The summed E-state index contributed by atoms with van der Waals surface area (Å²) in [5, 5.41) is 3.04. The first-order chi connectivity index (χ1) is 21.0. The van der Waals surface area contributed by atoms with Crippen molar-refractivity contribution in [3.8, 4) is 5.75 Å². The van der Waals surface area contributed by atoms with Crippen LogP contribution in [0.1, 0.15) is 56.8 Å². The molecule has 7 rings (SSSR count). The van der Waals surface area contributed by atoms with E-state index in [9.17, 15) is 18.8 Å². The van der Waals surface area contributed by atoms with Gasteiger partial charge in [0.15, 0.2) is 11.6 Å². The Kier molecular flexibility index (Phi) is 6.46. The Morgan fingerprint density at radius 1 is 0.907 bits per heavy atom. The summed E-state index contributed by atoms with van der Waals surface area (Å²) in [6.07, 6.45) is 4.51. The summed E-state index contributed by atoms with van der Waals surface area (Å²) < 4.78 is 20.0. The third-order valence-electron chi connectivity index (χ3n) is 8.86. The van der Waals surface area contributed by atoms with Gasteiger partial charge in [-0.15, -0.1) is 0 Å². The number of para-hydroxylation sites is 2. The Labute approximate surface area is 248 Å². The summed E-state index contributed by atoms with van der Waals surface area (Å²) in [5.74, 6) is -2.27. The van der Waals surface area contributed by atoms with Gasteiger partial charge in [-0.05, 0) is 71.7 Å². The summed E-state index contributed by atoms with van der Waals surface area (Å²) in [4.78, 5) is 46.1. The van der Waals surface area contributed by atoms with Crippen LogP contribution in [0.3, 0.4) is 0 Å². The van der Waals surface area contributed by atoms with Crippen molar-refractivity contribution >= 4 is 29.2 Å². The standard InChI is InChI=1S/C36H29FN2O4/c1-2-21-43-29-14-8-5-11-26(29)33(41)31-30(32(40)23-15-17-24(37)18-16-23)36(27-12-6-7-13-28(27)38-35(36)42)34-25-10-4-3-9-22(25)19-20-39(31)34/h3-20,30-31,34H,2,21H2,1H3,(H,38,42)/t30-,31+,34+,36-/m0/s1. The SMILES string of the molecule is CCCOc1ccccc1C(=O)[C@H]1[C@@H](C(=O)c2ccc(F)cc2)[C@]2(C(=O)Nc3ccccc32)[C@H]2c3ccccc3C=CN12. The number of anilines is 1. The van der Waals surface area contributed by atoms with E-state index >= 15 is 0 Å². The van der Waals surface area contributed by atoms with Gasteiger partial charge in [0.2, 0.25) is 5.91 Å². The maximum atomic E-state index is 14.9. The fourth-order valence-electron chi connectivity index (χ4n) is 7.13. The van der Waals surface area contributed by atoms with Crippen LogP contribution in [0.15, 0.2) is 103 Å². The monoisotopic (exact) mass is 572 g/mol. The van der Waals surface area contributed by atoms with Gasteiger partial charge in [0, 0.05) is 17.5 Å². The molecular formula is C36H29FN2O4. The van der Waals surface area contributed by atoms with Crippen LogP contribution in [0.5, 0.6) is 5.75 Å². The molecule has 1 N–H and O–H groups in total. The zero-order valence-corrected chi connectivity index (χ0v) is 23.5. The molecule has 7 heteroatoms.